The fourth-order valence-corrected chi connectivity index (χ4v) is 5.53. The summed E-state index contributed by atoms with van der Waals surface area (Å²) in [5.41, 5.74) is 7.06. The van der Waals surface area contributed by atoms with Gasteiger partial charge in [-0.05, 0) is 19.9 Å². The number of pyridine rings is 1. The highest BCUT2D eigenvalue weighted by atomic mass is 35.5. The van der Waals surface area contributed by atoms with Gasteiger partial charge in [-0.25, -0.2) is 9.67 Å². The number of halogens is 1. The van der Waals surface area contributed by atoms with E-state index in [2.05, 4.69) is 20.3 Å². The van der Waals surface area contributed by atoms with Crippen molar-refractivity contribution in [3.63, 3.8) is 0 Å². The molecule has 0 spiro atoms. The third-order valence-corrected chi connectivity index (χ3v) is 7.19. The maximum absolute atomic E-state index is 11.0. The van der Waals surface area contributed by atoms with Gasteiger partial charge in [-0.15, -0.1) is 16.4 Å². The van der Waals surface area contributed by atoms with E-state index >= 15 is 0 Å². The molecular formula is C19H23ClN6O4S2. The lowest BCUT2D eigenvalue weighted by molar-refractivity contribution is -0.191. The van der Waals surface area contributed by atoms with Crippen LogP contribution in [0, 0.1) is 6.92 Å². The number of nitrogens with two attached hydrogens (primary N) is 1. The van der Waals surface area contributed by atoms with Crippen LogP contribution in [0.3, 0.4) is 0 Å². The molecule has 13 heteroatoms. The van der Waals surface area contributed by atoms with Crippen molar-refractivity contribution in [2.75, 3.05) is 18.9 Å². The molecule has 1 saturated heterocycles. The molecule has 4 heterocycles. The molecule has 172 valence electrons. The lowest BCUT2D eigenvalue weighted by atomic mass is 9.97. The summed E-state index contributed by atoms with van der Waals surface area (Å²) in [4.78, 5) is 9.34. The van der Waals surface area contributed by atoms with Crippen LogP contribution < -0.4 is 5.73 Å². The number of thioether (sulfide) groups is 1. The zero-order valence-corrected chi connectivity index (χ0v) is 19.7. The molecule has 3 aromatic heterocycles. The van der Waals surface area contributed by atoms with E-state index in [0.717, 1.165) is 10.6 Å². The van der Waals surface area contributed by atoms with Crippen molar-refractivity contribution < 1.29 is 19.7 Å². The molecule has 10 nitrogen and oxygen atoms in total. The van der Waals surface area contributed by atoms with Gasteiger partial charge in [0.1, 0.15) is 41.2 Å². The molecule has 0 aromatic carbocycles. The Morgan fingerprint density at radius 2 is 2.22 bits per heavy atom. The molecule has 0 saturated carbocycles. The van der Waals surface area contributed by atoms with Crippen LogP contribution in [0.1, 0.15) is 18.7 Å². The number of aromatic nitrogens is 5. The Kier molecular flexibility index (Phi) is 7.30. The summed E-state index contributed by atoms with van der Waals surface area (Å²) >= 11 is 8.81. The van der Waals surface area contributed by atoms with Crippen LogP contribution in [-0.2, 0) is 9.47 Å². The number of hydrogen-bond acceptors (Lipinski definition) is 11. The second kappa shape index (κ2) is 10.00. The number of aliphatic hydroxyl groups excluding tert-OH is 2. The van der Waals surface area contributed by atoms with Gasteiger partial charge in [0, 0.05) is 23.1 Å². The van der Waals surface area contributed by atoms with E-state index in [9.17, 15) is 10.2 Å². The molecule has 1 fully saturated rings. The highest BCUT2D eigenvalue weighted by Crippen LogP contribution is 2.41. The molecule has 0 aliphatic carbocycles. The van der Waals surface area contributed by atoms with Crippen molar-refractivity contribution in [2.45, 2.75) is 48.5 Å². The van der Waals surface area contributed by atoms with Crippen LogP contribution in [0.2, 0.25) is 5.02 Å². The van der Waals surface area contributed by atoms with Gasteiger partial charge in [-0.1, -0.05) is 28.6 Å². The maximum Gasteiger partial charge on any atom is 0.180 e. The molecule has 4 rings (SSSR count). The van der Waals surface area contributed by atoms with Gasteiger partial charge < -0.3 is 25.4 Å². The molecule has 1 aliphatic heterocycles. The molecule has 1 aliphatic rings. The first-order chi connectivity index (χ1) is 15.4. The topological polar surface area (TPSA) is 141 Å². The van der Waals surface area contributed by atoms with Gasteiger partial charge in [-0.2, -0.15) is 0 Å². The number of aryl methyl sites for hydroxylation is 1. The Morgan fingerprint density at radius 3 is 2.91 bits per heavy atom. The summed E-state index contributed by atoms with van der Waals surface area (Å²) in [5.74, 6) is 0. The predicted molar refractivity (Wildman–Crippen MR) is 122 cm³/mol. The molecular weight excluding hydrogens is 476 g/mol. The Labute approximate surface area is 197 Å². The van der Waals surface area contributed by atoms with Gasteiger partial charge in [0.05, 0.1) is 23.5 Å². The first-order valence-electron chi connectivity index (χ1n) is 9.89. The summed E-state index contributed by atoms with van der Waals surface area (Å²) in [7, 11) is 0. The van der Waals surface area contributed by atoms with E-state index in [1.165, 1.54) is 27.8 Å². The average Bonchev–Trinajstić information content (AvgIpc) is 3.42. The normalized spacial score (nSPS) is 25.8. The van der Waals surface area contributed by atoms with Crippen molar-refractivity contribution in [1.82, 2.24) is 25.0 Å². The Morgan fingerprint density at radius 1 is 1.41 bits per heavy atom. The van der Waals surface area contributed by atoms with Crippen molar-refractivity contribution in [1.29, 1.82) is 0 Å². The minimum atomic E-state index is -1.08. The van der Waals surface area contributed by atoms with Crippen LogP contribution >= 0.6 is 34.7 Å². The third-order valence-electron chi connectivity index (χ3n) is 5.03. The maximum atomic E-state index is 11.0. The number of anilines is 1. The number of aliphatic hydroxyl groups is 2. The predicted octanol–water partition coefficient (Wildman–Crippen LogP) is 2.16. The second-order valence-electron chi connectivity index (χ2n) is 7.14. The van der Waals surface area contributed by atoms with Crippen LogP contribution in [0.15, 0.2) is 28.7 Å². The molecule has 4 N–H and O–H groups in total. The van der Waals surface area contributed by atoms with Crippen LogP contribution in [0.4, 0.5) is 5.13 Å². The van der Waals surface area contributed by atoms with Gasteiger partial charge in [0.2, 0.25) is 0 Å². The standard InChI is InChI=1S/C19H23ClN6O4S2/c1-3-29-17-15(26-6-11(24-25-26)12-8-31-19(21)23-12)16(28)13(7-27)30-18(17)32-14-4-10(20)5-22-9(14)2/h4-6,8,13,15-18,27-28H,3,7H2,1-2H3,(H2,21,23). The summed E-state index contributed by atoms with van der Waals surface area (Å²) < 4.78 is 13.6. The van der Waals surface area contributed by atoms with Gasteiger partial charge >= 0.3 is 0 Å². The molecule has 5 atom stereocenters. The van der Waals surface area contributed by atoms with Crippen molar-refractivity contribution in [2.24, 2.45) is 0 Å². The first kappa shape index (κ1) is 23.4. The molecule has 0 bridgehead atoms. The van der Waals surface area contributed by atoms with E-state index < -0.39 is 29.8 Å². The number of rotatable bonds is 7. The molecule has 32 heavy (non-hydrogen) atoms. The van der Waals surface area contributed by atoms with E-state index in [-0.39, 0.29) is 6.61 Å². The van der Waals surface area contributed by atoms with E-state index in [1.54, 1.807) is 23.8 Å². The van der Waals surface area contributed by atoms with Crippen LogP contribution in [0.25, 0.3) is 11.4 Å². The van der Waals surface area contributed by atoms with Gasteiger partial charge in [-0.3, -0.25) is 4.98 Å². The van der Waals surface area contributed by atoms with Crippen LogP contribution in [-0.4, -0.2) is 72.1 Å². The number of hydrogen-bond donors (Lipinski definition) is 3. The highest BCUT2D eigenvalue weighted by molar-refractivity contribution is 7.99. The monoisotopic (exact) mass is 498 g/mol. The van der Waals surface area contributed by atoms with Crippen molar-refractivity contribution in [3.8, 4) is 11.4 Å². The Bertz CT molecular complexity index is 1070. The fraction of sp³-hybridized carbons (Fsp3) is 0.474. The summed E-state index contributed by atoms with van der Waals surface area (Å²) in [6.45, 7) is 3.75. The quantitative estimate of drug-likeness (QED) is 0.443. The molecule has 5 unspecified atom stereocenters. The summed E-state index contributed by atoms with van der Waals surface area (Å²) in [6.07, 6.45) is 0.734. The minimum absolute atomic E-state index is 0.371. The molecule has 3 aromatic rings. The summed E-state index contributed by atoms with van der Waals surface area (Å²) in [5, 5.41) is 32.0. The Hall–Kier alpha value is -1.80. The zero-order chi connectivity index (χ0) is 22.8. The van der Waals surface area contributed by atoms with E-state index in [1.807, 2.05) is 13.8 Å². The third kappa shape index (κ3) is 4.76. The smallest absolute Gasteiger partial charge is 0.180 e. The second-order valence-corrected chi connectivity index (χ2v) is 9.60. The number of ether oxygens (including phenoxy) is 2. The van der Waals surface area contributed by atoms with Gasteiger partial charge in [0.15, 0.2) is 5.13 Å². The minimum Gasteiger partial charge on any atom is -0.394 e. The molecule has 0 radical (unpaired) electrons. The van der Waals surface area contributed by atoms with Crippen molar-refractivity contribution >= 4 is 39.8 Å². The van der Waals surface area contributed by atoms with Gasteiger partial charge in [0.25, 0.3) is 0 Å². The Balaban J connectivity index is 1.68. The molecule has 0 amide bonds. The lowest BCUT2D eigenvalue weighted by Gasteiger charge is -2.43. The van der Waals surface area contributed by atoms with E-state index in [0.29, 0.717) is 28.1 Å². The average molecular weight is 499 g/mol. The fourth-order valence-electron chi connectivity index (χ4n) is 3.51. The zero-order valence-electron chi connectivity index (χ0n) is 17.3. The SMILES string of the molecule is CCOC1C(Sc2cc(Cl)cnc2C)OC(CO)C(O)C1n1cc(-c2csc(N)n2)nn1. The number of nitrogens with zero attached hydrogens (tertiary/aromatic N) is 5. The number of thiazole rings is 1. The van der Waals surface area contributed by atoms with Crippen LogP contribution in [0.5, 0.6) is 0 Å². The highest BCUT2D eigenvalue weighted by Gasteiger charge is 2.48. The number of nitrogen functional groups attached to an aromatic ring is 1. The van der Waals surface area contributed by atoms with Crippen molar-refractivity contribution in [3.05, 3.63) is 34.6 Å². The van der Waals surface area contributed by atoms with E-state index in [4.69, 9.17) is 26.8 Å². The first-order valence-corrected chi connectivity index (χ1v) is 12.0. The lowest BCUT2D eigenvalue weighted by Crippen LogP contribution is -2.55. The summed E-state index contributed by atoms with van der Waals surface area (Å²) in [6, 6.07) is 1.14. The largest absolute Gasteiger partial charge is 0.394 e.